The lowest BCUT2D eigenvalue weighted by atomic mass is 9.95. The average molecular weight is 234 g/mol. The number of carboxylic acid groups (broad SMARTS) is 1. The minimum absolute atomic E-state index is 0.312. The quantitative estimate of drug-likeness (QED) is 0.855. The number of hydrogen-bond acceptors (Lipinski definition) is 2. The fourth-order valence-corrected chi connectivity index (χ4v) is 3.25. The normalized spacial score (nSPS) is 20.5. The molecule has 0 spiro atoms. The van der Waals surface area contributed by atoms with Crippen molar-refractivity contribution >= 4 is 5.97 Å². The van der Waals surface area contributed by atoms with Crippen molar-refractivity contribution in [3.8, 4) is 0 Å². The second-order valence-electron chi connectivity index (χ2n) is 5.17. The molecule has 0 aliphatic heterocycles. The van der Waals surface area contributed by atoms with Crippen LogP contribution in [-0.2, 0) is 12.8 Å². The lowest BCUT2D eigenvalue weighted by molar-refractivity contribution is 0.0688. The molecule has 1 aromatic heterocycles. The first-order chi connectivity index (χ1) is 8.27. The van der Waals surface area contributed by atoms with Crippen LogP contribution in [0.2, 0.25) is 0 Å². The Morgan fingerprint density at radius 1 is 1.18 bits per heavy atom. The van der Waals surface area contributed by atoms with Crippen molar-refractivity contribution in [3.63, 3.8) is 0 Å². The van der Waals surface area contributed by atoms with E-state index >= 15 is 0 Å². The number of nitrogens with zero attached hydrogens (tertiary/aromatic N) is 2. The van der Waals surface area contributed by atoms with E-state index < -0.39 is 5.97 Å². The standard InChI is InChI=1S/C13H18N2O2/c16-13(17)12-10-7-3-4-8-11(10)15(14-12)9-5-1-2-6-9/h9H,1-8H2,(H,16,17). The van der Waals surface area contributed by atoms with E-state index in [1.54, 1.807) is 0 Å². The molecule has 0 bridgehead atoms. The first-order valence-corrected chi connectivity index (χ1v) is 6.61. The van der Waals surface area contributed by atoms with E-state index in [1.165, 1.54) is 25.0 Å². The fraction of sp³-hybridized carbons (Fsp3) is 0.692. The Morgan fingerprint density at radius 3 is 2.59 bits per heavy atom. The number of carbonyl (C=O) groups is 1. The highest BCUT2D eigenvalue weighted by molar-refractivity contribution is 5.87. The van der Waals surface area contributed by atoms with Crippen molar-refractivity contribution in [2.45, 2.75) is 57.4 Å². The molecule has 1 aromatic rings. The summed E-state index contributed by atoms with van der Waals surface area (Å²) in [6, 6.07) is 0.454. The van der Waals surface area contributed by atoms with Crippen LogP contribution in [0.4, 0.5) is 0 Å². The van der Waals surface area contributed by atoms with Gasteiger partial charge in [-0.25, -0.2) is 4.79 Å². The van der Waals surface area contributed by atoms with Crippen LogP contribution in [-0.4, -0.2) is 20.9 Å². The molecule has 4 heteroatoms. The number of carboxylic acids is 1. The van der Waals surface area contributed by atoms with E-state index in [4.69, 9.17) is 0 Å². The van der Waals surface area contributed by atoms with Gasteiger partial charge in [-0.2, -0.15) is 5.10 Å². The van der Waals surface area contributed by atoms with E-state index in [0.717, 1.165) is 37.7 Å². The smallest absolute Gasteiger partial charge is 0.356 e. The summed E-state index contributed by atoms with van der Waals surface area (Å²) in [5, 5.41) is 13.6. The highest BCUT2D eigenvalue weighted by Crippen LogP contribution is 2.34. The van der Waals surface area contributed by atoms with Crippen molar-refractivity contribution in [1.29, 1.82) is 0 Å². The maximum Gasteiger partial charge on any atom is 0.356 e. The third kappa shape index (κ3) is 1.75. The zero-order valence-corrected chi connectivity index (χ0v) is 9.98. The summed E-state index contributed by atoms with van der Waals surface area (Å²) in [5.74, 6) is -0.861. The summed E-state index contributed by atoms with van der Waals surface area (Å²) in [5.41, 5.74) is 2.53. The molecule has 1 heterocycles. The molecular weight excluding hydrogens is 216 g/mol. The molecule has 2 aliphatic carbocycles. The molecule has 0 radical (unpaired) electrons. The Labute approximate surface area is 101 Å². The summed E-state index contributed by atoms with van der Waals surface area (Å²) < 4.78 is 2.05. The number of hydrogen-bond donors (Lipinski definition) is 1. The summed E-state index contributed by atoms with van der Waals surface area (Å²) >= 11 is 0. The van der Waals surface area contributed by atoms with Gasteiger partial charge in [0.05, 0.1) is 6.04 Å². The highest BCUT2D eigenvalue weighted by Gasteiger charge is 2.28. The minimum Gasteiger partial charge on any atom is -0.476 e. The Hall–Kier alpha value is -1.32. The minimum atomic E-state index is -0.861. The Morgan fingerprint density at radius 2 is 1.88 bits per heavy atom. The van der Waals surface area contributed by atoms with Gasteiger partial charge in [-0.15, -0.1) is 0 Å². The van der Waals surface area contributed by atoms with Gasteiger partial charge < -0.3 is 5.11 Å². The summed E-state index contributed by atoms with van der Waals surface area (Å²) in [4.78, 5) is 11.2. The third-order valence-corrected chi connectivity index (χ3v) is 4.08. The lowest BCUT2D eigenvalue weighted by Crippen LogP contribution is -2.13. The van der Waals surface area contributed by atoms with Gasteiger partial charge in [-0.3, -0.25) is 4.68 Å². The Balaban J connectivity index is 2.05. The van der Waals surface area contributed by atoms with Crippen LogP contribution in [0.15, 0.2) is 0 Å². The van der Waals surface area contributed by atoms with Gasteiger partial charge in [-0.1, -0.05) is 12.8 Å². The van der Waals surface area contributed by atoms with Crippen LogP contribution in [0.3, 0.4) is 0 Å². The molecule has 0 atom stereocenters. The van der Waals surface area contributed by atoms with Crippen LogP contribution in [0.25, 0.3) is 0 Å². The van der Waals surface area contributed by atoms with Crippen molar-refractivity contribution in [3.05, 3.63) is 17.0 Å². The monoisotopic (exact) mass is 234 g/mol. The predicted octanol–water partition coefficient (Wildman–Crippen LogP) is 2.58. The molecule has 0 saturated heterocycles. The number of aromatic nitrogens is 2. The Bertz CT molecular complexity index is 445. The SMILES string of the molecule is O=C(O)c1nn(C2CCCC2)c2c1CCCC2. The van der Waals surface area contributed by atoms with Crippen LogP contribution in [0.1, 0.15) is 66.3 Å². The second-order valence-corrected chi connectivity index (χ2v) is 5.17. The van der Waals surface area contributed by atoms with E-state index in [1.807, 2.05) is 4.68 Å². The first-order valence-electron chi connectivity index (χ1n) is 6.61. The molecule has 92 valence electrons. The first kappa shape index (κ1) is 10.8. The number of aromatic carboxylic acids is 1. The second kappa shape index (κ2) is 4.17. The van der Waals surface area contributed by atoms with Crippen molar-refractivity contribution in [2.24, 2.45) is 0 Å². The molecule has 1 N–H and O–H groups in total. The molecule has 1 saturated carbocycles. The molecule has 2 aliphatic rings. The van der Waals surface area contributed by atoms with E-state index in [2.05, 4.69) is 5.10 Å². The largest absolute Gasteiger partial charge is 0.476 e. The maximum absolute atomic E-state index is 11.2. The molecule has 0 amide bonds. The van der Waals surface area contributed by atoms with E-state index in [-0.39, 0.29) is 0 Å². The zero-order chi connectivity index (χ0) is 11.8. The molecular formula is C13H18N2O2. The topological polar surface area (TPSA) is 55.1 Å². The fourth-order valence-electron chi connectivity index (χ4n) is 3.25. The van der Waals surface area contributed by atoms with E-state index in [9.17, 15) is 9.90 Å². The van der Waals surface area contributed by atoms with Crippen LogP contribution in [0, 0.1) is 0 Å². The van der Waals surface area contributed by atoms with Gasteiger partial charge in [-0.05, 0) is 38.5 Å². The van der Waals surface area contributed by atoms with E-state index in [0.29, 0.717) is 11.7 Å². The third-order valence-electron chi connectivity index (χ3n) is 4.08. The van der Waals surface area contributed by atoms with Gasteiger partial charge in [0.1, 0.15) is 0 Å². The highest BCUT2D eigenvalue weighted by atomic mass is 16.4. The average Bonchev–Trinajstić information content (AvgIpc) is 2.95. The van der Waals surface area contributed by atoms with Gasteiger partial charge in [0, 0.05) is 11.3 Å². The van der Waals surface area contributed by atoms with Crippen molar-refractivity contribution in [2.75, 3.05) is 0 Å². The summed E-state index contributed by atoms with van der Waals surface area (Å²) in [7, 11) is 0. The Kier molecular flexibility index (Phi) is 2.65. The molecule has 3 rings (SSSR count). The number of rotatable bonds is 2. The van der Waals surface area contributed by atoms with Crippen molar-refractivity contribution < 1.29 is 9.90 Å². The van der Waals surface area contributed by atoms with Gasteiger partial charge in [0.25, 0.3) is 0 Å². The zero-order valence-electron chi connectivity index (χ0n) is 9.98. The molecule has 0 aromatic carbocycles. The lowest BCUT2D eigenvalue weighted by Gasteiger charge is -2.17. The molecule has 1 fully saturated rings. The predicted molar refractivity (Wildman–Crippen MR) is 63.3 cm³/mol. The summed E-state index contributed by atoms with van der Waals surface area (Å²) in [6.45, 7) is 0. The van der Waals surface area contributed by atoms with Gasteiger partial charge >= 0.3 is 5.97 Å². The molecule has 17 heavy (non-hydrogen) atoms. The van der Waals surface area contributed by atoms with Crippen LogP contribution < -0.4 is 0 Å². The van der Waals surface area contributed by atoms with Crippen LogP contribution in [0.5, 0.6) is 0 Å². The molecule has 0 unspecified atom stereocenters. The van der Waals surface area contributed by atoms with Crippen LogP contribution >= 0.6 is 0 Å². The maximum atomic E-state index is 11.2. The molecule has 4 nitrogen and oxygen atoms in total. The van der Waals surface area contributed by atoms with Crippen molar-refractivity contribution in [1.82, 2.24) is 9.78 Å². The van der Waals surface area contributed by atoms with Gasteiger partial charge in [0.15, 0.2) is 5.69 Å². The number of fused-ring (bicyclic) bond motifs is 1. The van der Waals surface area contributed by atoms with Gasteiger partial charge in [0.2, 0.25) is 0 Å². The summed E-state index contributed by atoms with van der Waals surface area (Å²) in [6.07, 6.45) is 8.99.